The van der Waals surface area contributed by atoms with E-state index in [9.17, 15) is 14.9 Å². The second-order valence-corrected chi connectivity index (χ2v) is 5.50. The summed E-state index contributed by atoms with van der Waals surface area (Å²) in [7, 11) is 0. The highest BCUT2D eigenvalue weighted by atomic mass is 16.6. The van der Waals surface area contributed by atoms with Crippen LogP contribution < -0.4 is 5.73 Å². The summed E-state index contributed by atoms with van der Waals surface area (Å²) in [6, 6.07) is 5.79. The molecule has 1 aromatic carbocycles. The lowest BCUT2D eigenvalue weighted by molar-refractivity contribution is -0.384. The molecule has 2 N–H and O–H groups in total. The van der Waals surface area contributed by atoms with Gasteiger partial charge in [-0.25, -0.2) is 0 Å². The third-order valence-corrected chi connectivity index (χ3v) is 3.14. The number of amides is 1. The van der Waals surface area contributed by atoms with E-state index >= 15 is 0 Å². The van der Waals surface area contributed by atoms with Crippen LogP contribution in [0.2, 0.25) is 0 Å². The van der Waals surface area contributed by atoms with E-state index in [2.05, 4.69) is 0 Å². The van der Waals surface area contributed by atoms with E-state index in [-0.39, 0.29) is 17.0 Å². The van der Waals surface area contributed by atoms with E-state index in [1.807, 2.05) is 20.8 Å². The van der Waals surface area contributed by atoms with Gasteiger partial charge in [-0.15, -0.1) is 0 Å². The summed E-state index contributed by atoms with van der Waals surface area (Å²) < 4.78 is 0. The maximum absolute atomic E-state index is 12.4. The molecule has 1 rings (SSSR count). The number of nitrogens with two attached hydrogens (primary N) is 1. The minimum atomic E-state index is -0.503. The van der Waals surface area contributed by atoms with Crippen molar-refractivity contribution in [3.05, 3.63) is 39.9 Å². The summed E-state index contributed by atoms with van der Waals surface area (Å²) in [5, 5.41) is 10.8. The Balaban J connectivity index is 2.97. The zero-order valence-corrected chi connectivity index (χ0v) is 12.1. The van der Waals surface area contributed by atoms with Crippen molar-refractivity contribution in [1.29, 1.82) is 0 Å². The number of hydrogen-bond acceptors (Lipinski definition) is 4. The molecule has 0 saturated heterocycles. The molecule has 6 heteroatoms. The summed E-state index contributed by atoms with van der Waals surface area (Å²) in [6.07, 6.45) is 0. The average molecular weight is 279 g/mol. The normalized spacial score (nSPS) is 11.2. The van der Waals surface area contributed by atoms with Gasteiger partial charge in [0, 0.05) is 30.8 Å². The predicted octanol–water partition coefficient (Wildman–Crippen LogP) is 2.04. The first-order valence-corrected chi connectivity index (χ1v) is 6.54. The minimum Gasteiger partial charge on any atom is -0.338 e. The van der Waals surface area contributed by atoms with Crippen molar-refractivity contribution < 1.29 is 9.72 Å². The number of non-ortho nitro benzene ring substituents is 1. The molecular formula is C14H21N3O3. The fourth-order valence-corrected chi connectivity index (χ4v) is 1.84. The molecule has 1 amide bonds. The average Bonchev–Trinajstić information content (AvgIpc) is 2.44. The first-order chi connectivity index (χ1) is 9.30. The van der Waals surface area contributed by atoms with Gasteiger partial charge >= 0.3 is 0 Å². The number of hydrogen-bond donors (Lipinski definition) is 1. The van der Waals surface area contributed by atoms with Gasteiger partial charge in [0.05, 0.1) is 4.92 Å². The molecule has 0 heterocycles. The van der Waals surface area contributed by atoms with Gasteiger partial charge in [-0.2, -0.15) is 0 Å². The van der Waals surface area contributed by atoms with Gasteiger partial charge in [0.15, 0.2) is 0 Å². The molecule has 0 saturated carbocycles. The summed E-state index contributed by atoms with van der Waals surface area (Å²) >= 11 is 0. The molecule has 0 bridgehead atoms. The molecule has 0 aromatic heterocycles. The summed E-state index contributed by atoms with van der Waals surface area (Å²) in [5.74, 6) is -0.210. The van der Waals surface area contributed by atoms with Crippen molar-refractivity contribution in [3.63, 3.8) is 0 Å². The predicted molar refractivity (Wildman–Crippen MR) is 77.5 cm³/mol. The van der Waals surface area contributed by atoms with E-state index in [0.29, 0.717) is 25.2 Å². The van der Waals surface area contributed by atoms with Crippen molar-refractivity contribution in [2.24, 2.45) is 11.1 Å². The Morgan fingerprint density at radius 2 is 2.10 bits per heavy atom. The van der Waals surface area contributed by atoms with E-state index in [4.69, 9.17) is 5.73 Å². The van der Waals surface area contributed by atoms with Crippen molar-refractivity contribution in [2.45, 2.75) is 20.8 Å². The van der Waals surface area contributed by atoms with Crippen LogP contribution in [-0.2, 0) is 0 Å². The van der Waals surface area contributed by atoms with Crippen LogP contribution in [-0.4, -0.2) is 35.4 Å². The third kappa shape index (κ3) is 4.03. The van der Waals surface area contributed by atoms with Gasteiger partial charge in [0.2, 0.25) is 0 Å². The Hall–Kier alpha value is -1.95. The first-order valence-electron chi connectivity index (χ1n) is 6.54. The molecule has 0 fully saturated rings. The maximum atomic E-state index is 12.4. The molecule has 0 aliphatic carbocycles. The van der Waals surface area contributed by atoms with Crippen molar-refractivity contribution in [3.8, 4) is 0 Å². The number of rotatable bonds is 6. The molecule has 0 aliphatic rings. The monoisotopic (exact) mass is 279 g/mol. The zero-order chi connectivity index (χ0) is 15.3. The standard InChI is InChI=1S/C14H21N3O3/c1-4-16(10-14(2,3)9-15)13(18)11-6-5-7-12(8-11)17(19)20/h5-8H,4,9-10,15H2,1-3H3. The molecular weight excluding hydrogens is 258 g/mol. The van der Waals surface area contributed by atoms with Gasteiger partial charge in [-0.05, 0) is 24.9 Å². The van der Waals surface area contributed by atoms with Crippen LogP contribution >= 0.6 is 0 Å². The highest BCUT2D eigenvalue weighted by Crippen LogP contribution is 2.19. The molecule has 20 heavy (non-hydrogen) atoms. The van der Waals surface area contributed by atoms with Crippen LogP contribution in [0.3, 0.4) is 0 Å². The number of carbonyl (C=O) groups is 1. The van der Waals surface area contributed by atoms with Crippen LogP contribution in [0.15, 0.2) is 24.3 Å². The summed E-state index contributed by atoms with van der Waals surface area (Å²) in [6.45, 7) is 7.35. The van der Waals surface area contributed by atoms with Crippen molar-refractivity contribution in [1.82, 2.24) is 4.90 Å². The molecule has 1 aromatic rings. The molecule has 0 spiro atoms. The smallest absolute Gasteiger partial charge is 0.270 e. The van der Waals surface area contributed by atoms with Gasteiger partial charge in [-0.1, -0.05) is 19.9 Å². The zero-order valence-electron chi connectivity index (χ0n) is 12.1. The molecule has 0 unspecified atom stereocenters. The van der Waals surface area contributed by atoms with E-state index in [1.54, 1.807) is 11.0 Å². The van der Waals surface area contributed by atoms with Crippen LogP contribution in [0.1, 0.15) is 31.1 Å². The SMILES string of the molecule is CCN(CC(C)(C)CN)C(=O)c1cccc([N+](=O)[O-])c1. The molecule has 0 atom stereocenters. The lowest BCUT2D eigenvalue weighted by Gasteiger charge is -2.31. The summed E-state index contributed by atoms with van der Waals surface area (Å²) in [5.41, 5.74) is 5.75. The fraction of sp³-hybridized carbons (Fsp3) is 0.500. The Morgan fingerprint density at radius 3 is 2.60 bits per heavy atom. The Kier molecular flexibility index (Phi) is 5.21. The van der Waals surface area contributed by atoms with Crippen LogP contribution in [0.4, 0.5) is 5.69 Å². The second-order valence-electron chi connectivity index (χ2n) is 5.50. The largest absolute Gasteiger partial charge is 0.338 e. The summed E-state index contributed by atoms with van der Waals surface area (Å²) in [4.78, 5) is 24.3. The molecule has 110 valence electrons. The lowest BCUT2D eigenvalue weighted by Crippen LogP contribution is -2.41. The van der Waals surface area contributed by atoms with Crippen LogP contribution in [0.25, 0.3) is 0 Å². The molecule has 0 radical (unpaired) electrons. The van der Waals surface area contributed by atoms with Crippen molar-refractivity contribution >= 4 is 11.6 Å². The second kappa shape index (κ2) is 6.47. The lowest BCUT2D eigenvalue weighted by atomic mass is 9.93. The minimum absolute atomic E-state index is 0.0787. The van der Waals surface area contributed by atoms with Crippen LogP contribution in [0, 0.1) is 15.5 Å². The number of benzene rings is 1. The van der Waals surface area contributed by atoms with E-state index < -0.39 is 4.92 Å². The maximum Gasteiger partial charge on any atom is 0.270 e. The van der Waals surface area contributed by atoms with Crippen LogP contribution in [0.5, 0.6) is 0 Å². The van der Waals surface area contributed by atoms with Gasteiger partial charge < -0.3 is 10.6 Å². The molecule has 0 aliphatic heterocycles. The third-order valence-electron chi connectivity index (χ3n) is 3.14. The Labute approximate surface area is 118 Å². The molecule has 6 nitrogen and oxygen atoms in total. The Morgan fingerprint density at radius 1 is 1.45 bits per heavy atom. The fourth-order valence-electron chi connectivity index (χ4n) is 1.84. The van der Waals surface area contributed by atoms with Gasteiger partial charge in [0.1, 0.15) is 0 Å². The quantitative estimate of drug-likeness (QED) is 0.637. The van der Waals surface area contributed by atoms with Gasteiger partial charge in [-0.3, -0.25) is 14.9 Å². The van der Waals surface area contributed by atoms with E-state index in [1.165, 1.54) is 18.2 Å². The topological polar surface area (TPSA) is 89.5 Å². The number of carbonyl (C=O) groups excluding carboxylic acids is 1. The van der Waals surface area contributed by atoms with E-state index in [0.717, 1.165) is 0 Å². The number of nitro groups is 1. The number of nitrogens with zero attached hydrogens (tertiary/aromatic N) is 2. The Bertz CT molecular complexity index is 500. The first kappa shape index (κ1) is 16.1. The highest BCUT2D eigenvalue weighted by molar-refractivity contribution is 5.94. The number of nitro benzene ring substituents is 1. The van der Waals surface area contributed by atoms with Gasteiger partial charge in [0.25, 0.3) is 11.6 Å². The highest BCUT2D eigenvalue weighted by Gasteiger charge is 2.24. The van der Waals surface area contributed by atoms with Crippen molar-refractivity contribution in [2.75, 3.05) is 19.6 Å².